The first kappa shape index (κ1) is 16.2. The van der Waals surface area contributed by atoms with Crippen molar-refractivity contribution in [2.75, 3.05) is 13.7 Å². The minimum atomic E-state index is -0.997. The van der Waals surface area contributed by atoms with E-state index in [9.17, 15) is 9.90 Å². The highest BCUT2D eigenvalue weighted by molar-refractivity contribution is 5.98. The van der Waals surface area contributed by atoms with Crippen molar-refractivity contribution < 1.29 is 19.4 Å². The van der Waals surface area contributed by atoms with Crippen LogP contribution in [0.4, 0.5) is 0 Å². The van der Waals surface area contributed by atoms with Crippen LogP contribution >= 0.6 is 0 Å². The summed E-state index contributed by atoms with van der Waals surface area (Å²) >= 11 is 0. The molecule has 4 nitrogen and oxygen atoms in total. The summed E-state index contributed by atoms with van der Waals surface area (Å²) in [7, 11) is 1.71. The van der Waals surface area contributed by atoms with E-state index in [2.05, 4.69) is 13.5 Å². The Kier molecular flexibility index (Phi) is 2.79. The maximum absolute atomic E-state index is 13.1. The lowest BCUT2D eigenvalue weighted by molar-refractivity contribution is -0.300. The summed E-state index contributed by atoms with van der Waals surface area (Å²) in [5.74, 6) is -0.776. The van der Waals surface area contributed by atoms with E-state index < -0.39 is 11.4 Å². The normalized spacial score (nSPS) is 55.8. The number of methoxy groups -OCH3 is 1. The molecule has 1 heterocycles. The summed E-state index contributed by atoms with van der Waals surface area (Å²) in [6.45, 7) is 8.68. The largest absolute Gasteiger partial charge is 0.385 e. The molecule has 0 aromatic rings. The number of rotatable bonds is 2. The zero-order valence-corrected chi connectivity index (χ0v) is 15.5. The molecule has 2 spiro atoms. The molecule has 0 aromatic heterocycles. The Morgan fingerprint density at radius 2 is 2.12 bits per heavy atom. The highest BCUT2D eigenvalue weighted by Gasteiger charge is 2.86. The second-order valence-electron chi connectivity index (χ2n) is 9.33. The summed E-state index contributed by atoms with van der Waals surface area (Å²) in [6, 6.07) is 0. The van der Waals surface area contributed by atoms with Crippen LogP contribution in [0.5, 0.6) is 0 Å². The van der Waals surface area contributed by atoms with E-state index >= 15 is 0 Å². The third kappa shape index (κ3) is 1.28. The summed E-state index contributed by atoms with van der Waals surface area (Å²) in [5.41, 5.74) is 0.0992. The van der Waals surface area contributed by atoms with E-state index in [1.807, 2.05) is 13.0 Å². The van der Waals surface area contributed by atoms with Gasteiger partial charge in [0.05, 0.1) is 23.5 Å². The Bertz CT molecular complexity index is 740. The van der Waals surface area contributed by atoms with Gasteiger partial charge in [0.15, 0.2) is 11.6 Å². The Morgan fingerprint density at radius 3 is 2.80 bits per heavy atom. The van der Waals surface area contributed by atoms with Crippen LogP contribution in [0.25, 0.3) is 0 Å². The number of allylic oxidation sites excluding steroid dienone is 1. The molecule has 4 fully saturated rings. The van der Waals surface area contributed by atoms with Gasteiger partial charge in [-0.25, -0.2) is 0 Å². The molecule has 1 unspecified atom stereocenters. The number of ether oxygens (including phenoxy) is 2. The number of hydrogen-bond donors (Lipinski definition) is 1. The van der Waals surface area contributed by atoms with E-state index in [0.717, 1.165) is 31.3 Å². The highest BCUT2D eigenvalue weighted by Crippen LogP contribution is 2.82. The van der Waals surface area contributed by atoms with Crippen LogP contribution in [0, 0.1) is 22.2 Å². The zero-order valence-electron chi connectivity index (χ0n) is 15.5. The maximum Gasteiger partial charge on any atom is 0.184 e. The van der Waals surface area contributed by atoms with Gasteiger partial charge in [0, 0.05) is 17.9 Å². The van der Waals surface area contributed by atoms with E-state index in [0.29, 0.717) is 19.4 Å². The van der Waals surface area contributed by atoms with Gasteiger partial charge in [-0.2, -0.15) is 0 Å². The second kappa shape index (κ2) is 4.29. The van der Waals surface area contributed by atoms with Crippen LogP contribution in [0.1, 0.15) is 52.4 Å². The van der Waals surface area contributed by atoms with Crippen molar-refractivity contribution in [3.05, 3.63) is 23.8 Å². The first-order chi connectivity index (χ1) is 11.7. The van der Waals surface area contributed by atoms with Gasteiger partial charge in [0.2, 0.25) is 0 Å². The summed E-state index contributed by atoms with van der Waals surface area (Å²) < 4.78 is 12.7. The van der Waals surface area contributed by atoms with E-state index in [1.54, 1.807) is 7.11 Å². The lowest BCUT2D eigenvalue weighted by Crippen LogP contribution is -2.66. The number of carbonyl (C=O) groups excluding carboxylic acids is 1. The van der Waals surface area contributed by atoms with Gasteiger partial charge in [-0.05, 0) is 50.7 Å². The lowest BCUT2D eigenvalue weighted by Gasteiger charge is -2.59. The Morgan fingerprint density at radius 1 is 1.36 bits per heavy atom. The zero-order chi connectivity index (χ0) is 17.9. The molecule has 0 aromatic carbocycles. The van der Waals surface area contributed by atoms with Gasteiger partial charge in [0.1, 0.15) is 0 Å². The molecule has 1 N–H and O–H groups in total. The van der Waals surface area contributed by atoms with Crippen LogP contribution in [-0.2, 0) is 14.3 Å². The molecular weight excluding hydrogens is 316 g/mol. The highest BCUT2D eigenvalue weighted by atomic mass is 16.7. The van der Waals surface area contributed by atoms with Crippen LogP contribution in [-0.4, -0.2) is 36.0 Å². The average Bonchev–Trinajstić information content (AvgIpc) is 3.14. The van der Waals surface area contributed by atoms with Gasteiger partial charge in [-0.15, -0.1) is 0 Å². The Labute approximate surface area is 149 Å². The topological polar surface area (TPSA) is 55.8 Å². The quantitative estimate of drug-likeness (QED) is 0.782. The second-order valence-corrected chi connectivity index (χ2v) is 9.33. The van der Waals surface area contributed by atoms with Crippen LogP contribution in [0.15, 0.2) is 23.8 Å². The minimum Gasteiger partial charge on any atom is -0.385 e. The SMILES string of the molecule is C=C(C)[C@]1(O)CC[C@@]23C4=CC(=O)[C@]5(C)CCC[C@]52COC3(OC)[C@@H]1C4. The first-order valence-electron chi connectivity index (χ1n) is 9.57. The monoisotopic (exact) mass is 344 g/mol. The molecule has 25 heavy (non-hydrogen) atoms. The van der Waals surface area contributed by atoms with Crippen LogP contribution in [0.3, 0.4) is 0 Å². The van der Waals surface area contributed by atoms with Crippen molar-refractivity contribution in [3.8, 4) is 0 Å². The van der Waals surface area contributed by atoms with Crippen molar-refractivity contribution in [1.29, 1.82) is 0 Å². The van der Waals surface area contributed by atoms with Gasteiger partial charge < -0.3 is 14.6 Å². The van der Waals surface area contributed by atoms with Crippen molar-refractivity contribution in [3.63, 3.8) is 0 Å². The molecule has 5 rings (SSSR count). The molecule has 136 valence electrons. The van der Waals surface area contributed by atoms with Crippen LogP contribution in [0.2, 0.25) is 0 Å². The van der Waals surface area contributed by atoms with Gasteiger partial charge in [-0.3, -0.25) is 4.79 Å². The standard InChI is InChI=1S/C21H28O4/c1-13(2)19(23)8-9-20-14-10-15(19)21(20,24-4)25-12-18(20)7-5-6-17(18,3)16(22)11-14/h11,15,23H,1,5-10,12H2,2-4H3/t15-,17+,18+,19-,20-,21?/m1/s1. The molecule has 1 saturated heterocycles. The molecule has 5 aliphatic rings. The fourth-order valence-corrected chi connectivity index (χ4v) is 7.80. The van der Waals surface area contributed by atoms with Gasteiger partial charge in [0.25, 0.3) is 0 Å². The van der Waals surface area contributed by atoms with E-state index in [1.165, 1.54) is 5.57 Å². The predicted molar refractivity (Wildman–Crippen MR) is 92.7 cm³/mol. The fourth-order valence-electron chi connectivity index (χ4n) is 7.80. The summed E-state index contributed by atoms with van der Waals surface area (Å²) in [6.07, 6.45) is 7.03. The average molecular weight is 344 g/mol. The molecule has 4 heteroatoms. The van der Waals surface area contributed by atoms with Crippen molar-refractivity contribution >= 4 is 5.78 Å². The summed E-state index contributed by atoms with van der Waals surface area (Å²) in [5, 5.41) is 11.5. The number of aliphatic hydroxyl groups is 1. The van der Waals surface area contributed by atoms with Crippen molar-refractivity contribution in [2.24, 2.45) is 22.2 Å². The molecule has 2 bridgehead atoms. The molecule has 3 saturated carbocycles. The predicted octanol–water partition coefficient (Wildman–Crippen LogP) is 3.15. The molecule has 1 aliphatic heterocycles. The molecule has 6 atom stereocenters. The van der Waals surface area contributed by atoms with E-state index in [-0.39, 0.29) is 27.9 Å². The number of ketones is 1. The molecular formula is C21H28O4. The lowest BCUT2D eigenvalue weighted by atomic mass is 9.44. The van der Waals surface area contributed by atoms with E-state index in [4.69, 9.17) is 9.47 Å². The smallest absolute Gasteiger partial charge is 0.184 e. The Hall–Kier alpha value is -0.970. The first-order valence-corrected chi connectivity index (χ1v) is 9.57. The number of hydrogen-bond acceptors (Lipinski definition) is 4. The third-order valence-electron chi connectivity index (χ3n) is 9.06. The summed E-state index contributed by atoms with van der Waals surface area (Å²) in [4.78, 5) is 13.1. The fraction of sp³-hybridized carbons (Fsp3) is 0.762. The third-order valence-corrected chi connectivity index (χ3v) is 9.06. The molecule has 4 aliphatic carbocycles. The van der Waals surface area contributed by atoms with Gasteiger partial charge >= 0.3 is 0 Å². The van der Waals surface area contributed by atoms with Crippen LogP contribution < -0.4 is 0 Å². The van der Waals surface area contributed by atoms with Gasteiger partial charge in [-0.1, -0.05) is 25.5 Å². The molecule has 0 radical (unpaired) electrons. The maximum atomic E-state index is 13.1. The minimum absolute atomic E-state index is 0.192. The van der Waals surface area contributed by atoms with Crippen molar-refractivity contribution in [1.82, 2.24) is 0 Å². The van der Waals surface area contributed by atoms with Crippen molar-refractivity contribution in [2.45, 2.75) is 63.8 Å². The number of carbonyl (C=O) groups is 1. The molecule has 0 amide bonds. The Balaban J connectivity index is 1.82.